The molecule has 3 amide bonds. The van der Waals surface area contributed by atoms with Gasteiger partial charge in [0.2, 0.25) is 0 Å². The van der Waals surface area contributed by atoms with Crippen LogP contribution in [0.4, 0.5) is 14.9 Å². The average molecular weight is 234 g/mol. The number of hydrogen-bond donors (Lipinski definition) is 1. The second-order valence-corrected chi connectivity index (χ2v) is 4.49. The number of halogens is 1. The van der Waals surface area contributed by atoms with Crippen molar-refractivity contribution in [3.63, 3.8) is 0 Å². The lowest BCUT2D eigenvalue weighted by molar-refractivity contribution is -0.124. The lowest BCUT2D eigenvalue weighted by Crippen LogP contribution is -2.52. The van der Waals surface area contributed by atoms with Gasteiger partial charge < -0.3 is 5.32 Å². The third kappa shape index (κ3) is 1.35. The van der Waals surface area contributed by atoms with Gasteiger partial charge in [0.25, 0.3) is 5.91 Å². The Kier molecular flexibility index (Phi) is 1.98. The van der Waals surface area contributed by atoms with Crippen molar-refractivity contribution in [3.05, 3.63) is 30.1 Å². The summed E-state index contributed by atoms with van der Waals surface area (Å²) in [5.74, 6) is -0.725. The van der Waals surface area contributed by atoms with Crippen LogP contribution in [0.2, 0.25) is 0 Å². The average Bonchev–Trinajstić information content (AvgIpc) is 2.50. The molecule has 4 nitrogen and oxygen atoms in total. The Hall–Kier alpha value is -1.91. The molecular weight excluding hydrogens is 223 g/mol. The molecule has 1 aromatic rings. The number of anilines is 1. The van der Waals surface area contributed by atoms with Crippen LogP contribution in [0.1, 0.15) is 19.3 Å². The largest absolute Gasteiger partial charge is 0.329 e. The Bertz CT molecular complexity index is 511. The molecule has 88 valence electrons. The molecule has 1 aromatic carbocycles. The zero-order valence-electron chi connectivity index (χ0n) is 9.07. The quantitative estimate of drug-likeness (QED) is 0.753. The minimum Gasteiger partial charge on any atom is -0.323 e. The molecule has 1 heterocycles. The molecule has 1 saturated carbocycles. The molecule has 0 radical (unpaired) electrons. The molecule has 2 fully saturated rings. The van der Waals surface area contributed by atoms with Gasteiger partial charge in [0.15, 0.2) is 0 Å². The molecule has 5 heteroatoms. The number of carbonyl (C=O) groups is 2. The number of carbonyl (C=O) groups excluding carboxylic acids is 2. The second kappa shape index (κ2) is 3.29. The SMILES string of the molecule is O=C1NC2(CCC2)C(=O)N1c1cccc(F)c1. The highest BCUT2D eigenvalue weighted by atomic mass is 19.1. The highest BCUT2D eigenvalue weighted by Crippen LogP contribution is 2.38. The van der Waals surface area contributed by atoms with Crippen molar-refractivity contribution in [2.75, 3.05) is 4.90 Å². The minimum atomic E-state index is -0.719. The summed E-state index contributed by atoms with van der Waals surface area (Å²) in [5.41, 5.74) is -0.431. The van der Waals surface area contributed by atoms with Gasteiger partial charge in [-0.05, 0) is 37.5 Å². The van der Waals surface area contributed by atoms with Crippen molar-refractivity contribution < 1.29 is 14.0 Å². The Balaban J connectivity index is 1.98. The fraction of sp³-hybridized carbons (Fsp3) is 0.333. The Morgan fingerprint density at radius 2 is 2.06 bits per heavy atom. The molecule has 17 heavy (non-hydrogen) atoms. The Labute approximate surface area is 97.4 Å². The van der Waals surface area contributed by atoms with Gasteiger partial charge in [-0.2, -0.15) is 0 Å². The van der Waals surface area contributed by atoms with Crippen molar-refractivity contribution >= 4 is 17.6 Å². The maximum absolute atomic E-state index is 13.1. The molecule has 0 bridgehead atoms. The molecule has 1 saturated heterocycles. The molecule has 0 aromatic heterocycles. The molecule has 1 spiro atoms. The summed E-state index contributed by atoms with van der Waals surface area (Å²) >= 11 is 0. The van der Waals surface area contributed by atoms with Crippen molar-refractivity contribution in [1.29, 1.82) is 0 Å². The molecule has 0 atom stereocenters. The van der Waals surface area contributed by atoms with E-state index in [2.05, 4.69) is 5.32 Å². The van der Waals surface area contributed by atoms with E-state index in [4.69, 9.17) is 0 Å². The van der Waals surface area contributed by atoms with E-state index < -0.39 is 17.4 Å². The van der Waals surface area contributed by atoms with Crippen molar-refractivity contribution in [2.24, 2.45) is 0 Å². The van der Waals surface area contributed by atoms with Crippen LogP contribution >= 0.6 is 0 Å². The van der Waals surface area contributed by atoms with Crippen LogP contribution in [0.3, 0.4) is 0 Å². The second-order valence-electron chi connectivity index (χ2n) is 4.49. The molecule has 0 unspecified atom stereocenters. The van der Waals surface area contributed by atoms with Crippen molar-refractivity contribution in [3.8, 4) is 0 Å². The summed E-state index contributed by atoms with van der Waals surface area (Å²) in [6.07, 6.45) is 2.27. The highest BCUT2D eigenvalue weighted by Gasteiger charge is 2.55. The topological polar surface area (TPSA) is 49.4 Å². The fourth-order valence-corrected chi connectivity index (χ4v) is 2.34. The van der Waals surface area contributed by atoms with Crippen molar-refractivity contribution in [2.45, 2.75) is 24.8 Å². The smallest absolute Gasteiger partial charge is 0.323 e. The number of imide groups is 1. The molecule has 3 rings (SSSR count). The van der Waals surface area contributed by atoms with Gasteiger partial charge in [-0.1, -0.05) is 6.07 Å². The van der Waals surface area contributed by atoms with Gasteiger partial charge in [-0.25, -0.2) is 14.1 Å². The normalized spacial score (nSPS) is 21.6. The van der Waals surface area contributed by atoms with Crippen LogP contribution in [-0.2, 0) is 4.79 Å². The van der Waals surface area contributed by atoms with Crippen LogP contribution in [0.15, 0.2) is 24.3 Å². The van der Waals surface area contributed by atoms with E-state index in [1.165, 1.54) is 18.2 Å². The molecule has 2 aliphatic rings. The summed E-state index contributed by atoms with van der Waals surface area (Å²) < 4.78 is 13.1. The number of rotatable bonds is 1. The van der Waals surface area contributed by atoms with Gasteiger partial charge in [-0.3, -0.25) is 4.79 Å². The van der Waals surface area contributed by atoms with E-state index in [0.29, 0.717) is 12.8 Å². The Morgan fingerprint density at radius 3 is 2.59 bits per heavy atom. The Morgan fingerprint density at radius 1 is 1.29 bits per heavy atom. The van der Waals surface area contributed by atoms with Crippen LogP contribution in [0.5, 0.6) is 0 Å². The molecule has 1 N–H and O–H groups in total. The van der Waals surface area contributed by atoms with Gasteiger partial charge >= 0.3 is 6.03 Å². The van der Waals surface area contributed by atoms with Crippen LogP contribution in [-0.4, -0.2) is 17.5 Å². The van der Waals surface area contributed by atoms with E-state index in [0.717, 1.165) is 11.3 Å². The molecular formula is C12H11FN2O2. The lowest BCUT2D eigenvalue weighted by atomic mass is 9.77. The van der Waals surface area contributed by atoms with Crippen LogP contribution < -0.4 is 10.2 Å². The monoisotopic (exact) mass is 234 g/mol. The van der Waals surface area contributed by atoms with Gasteiger partial charge in [0.05, 0.1) is 5.69 Å². The van der Waals surface area contributed by atoms with Gasteiger partial charge in [0.1, 0.15) is 11.4 Å². The minimum absolute atomic E-state index is 0.264. The highest BCUT2D eigenvalue weighted by molar-refractivity contribution is 6.23. The summed E-state index contributed by atoms with van der Waals surface area (Å²) in [6.45, 7) is 0. The predicted molar refractivity (Wildman–Crippen MR) is 59.0 cm³/mol. The fourth-order valence-electron chi connectivity index (χ4n) is 2.34. The van der Waals surface area contributed by atoms with Crippen LogP contribution in [0, 0.1) is 5.82 Å². The number of nitrogens with one attached hydrogen (secondary N) is 1. The van der Waals surface area contributed by atoms with E-state index >= 15 is 0 Å². The first-order chi connectivity index (χ1) is 8.12. The number of hydrogen-bond acceptors (Lipinski definition) is 2. The van der Waals surface area contributed by atoms with Crippen molar-refractivity contribution in [1.82, 2.24) is 5.32 Å². The van der Waals surface area contributed by atoms with E-state index in [9.17, 15) is 14.0 Å². The lowest BCUT2D eigenvalue weighted by Gasteiger charge is -2.34. The number of urea groups is 1. The first-order valence-corrected chi connectivity index (χ1v) is 5.55. The first-order valence-electron chi connectivity index (χ1n) is 5.55. The first kappa shape index (κ1) is 10.3. The molecule has 1 aliphatic heterocycles. The zero-order chi connectivity index (χ0) is 12.0. The van der Waals surface area contributed by atoms with Crippen LogP contribution in [0.25, 0.3) is 0 Å². The number of benzene rings is 1. The van der Waals surface area contributed by atoms with E-state index in [-0.39, 0.29) is 11.6 Å². The van der Waals surface area contributed by atoms with E-state index in [1.54, 1.807) is 6.07 Å². The summed E-state index contributed by atoms with van der Waals surface area (Å²) in [4.78, 5) is 25.0. The summed E-state index contributed by atoms with van der Waals surface area (Å²) in [7, 11) is 0. The van der Waals surface area contributed by atoms with Gasteiger partial charge in [0, 0.05) is 0 Å². The third-order valence-electron chi connectivity index (χ3n) is 3.44. The standard InChI is InChI=1S/C12H11FN2O2/c13-8-3-1-4-9(7-8)15-10(16)12(5-2-6-12)14-11(15)17/h1,3-4,7H,2,5-6H2,(H,14,17). The molecule has 1 aliphatic carbocycles. The maximum atomic E-state index is 13.1. The zero-order valence-corrected chi connectivity index (χ0v) is 9.07. The summed E-state index contributed by atoms with van der Waals surface area (Å²) in [5, 5.41) is 2.70. The van der Waals surface area contributed by atoms with Gasteiger partial charge in [-0.15, -0.1) is 0 Å². The number of nitrogens with zero attached hydrogens (tertiary/aromatic N) is 1. The third-order valence-corrected chi connectivity index (χ3v) is 3.44. The number of amides is 3. The van der Waals surface area contributed by atoms with E-state index in [1.807, 2.05) is 0 Å². The predicted octanol–water partition coefficient (Wildman–Crippen LogP) is 1.80. The summed E-state index contributed by atoms with van der Waals surface area (Å²) in [6, 6.07) is 5.05. The maximum Gasteiger partial charge on any atom is 0.329 e.